The molecule has 6 heteroatoms. The average molecular weight is 329 g/mol. The molecule has 0 aliphatic carbocycles. The van der Waals surface area contributed by atoms with Crippen LogP contribution in [0, 0.1) is 0 Å². The minimum Gasteiger partial charge on any atom is -0.456 e. The Morgan fingerprint density at radius 1 is 0.760 bits per heavy atom. The van der Waals surface area contributed by atoms with Crippen molar-refractivity contribution in [3.8, 4) is 11.5 Å². The molecule has 0 atom stereocenters. The molecule has 0 unspecified atom stereocenters. The molecule has 0 spiro atoms. The molecular weight excluding hydrogens is 317 g/mol. The molecule has 0 aliphatic heterocycles. The monoisotopic (exact) mass is 329 g/mol. The van der Waals surface area contributed by atoms with Gasteiger partial charge in [-0.1, -0.05) is 30.3 Å². The number of hydrogen-bond acceptors (Lipinski definition) is 5. The fourth-order valence-electron chi connectivity index (χ4n) is 3.08. The average Bonchev–Trinajstić information content (AvgIpc) is 3.20. The van der Waals surface area contributed by atoms with Gasteiger partial charge in [-0.15, -0.1) is 0 Å². The van der Waals surface area contributed by atoms with Crippen LogP contribution in [0.2, 0.25) is 0 Å². The second-order valence-electron chi connectivity index (χ2n) is 5.93. The first-order chi connectivity index (χ1) is 12.2. The summed E-state index contributed by atoms with van der Waals surface area (Å²) in [4.78, 5) is 4.57. The molecule has 0 aliphatic rings. The lowest BCUT2D eigenvalue weighted by Gasteiger charge is -1.97. The number of nitrogens with zero attached hydrogens (tertiary/aromatic N) is 1. The largest absolute Gasteiger partial charge is 0.488 e. The van der Waals surface area contributed by atoms with Gasteiger partial charge in [0.2, 0.25) is 5.89 Å². The molecular formula is C19H12BNO4. The highest BCUT2D eigenvalue weighted by Gasteiger charge is 2.16. The minimum absolute atomic E-state index is 0.417. The van der Waals surface area contributed by atoms with Crippen molar-refractivity contribution in [1.82, 2.24) is 4.98 Å². The molecule has 2 aromatic heterocycles. The van der Waals surface area contributed by atoms with Crippen molar-refractivity contribution >= 4 is 45.6 Å². The van der Waals surface area contributed by atoms with E-state index >= 15 is 0 Å². The Labute approximate surface area is 142 Å². The van der Waals surface area contributed by atoms with Gasteiger partial charge in [-0.05, 0) is 29.7 Å². The molecule has 5 rings (SSSR count). The SMILES string of the molecule is OB(O)c1ccc2oc3cc4oc(-c5ccccc5)nc4cc3c2c1. The molecule has 2 N–H and O–H groups in total. The lowest BCUT2D eigenvalue weighted by atomic mass is 9.80. The molecule has 120 valence electrons. The summed E-state index contributed by atoms with van der Waals surface area (Å²) in [6, 6.07) is 18.5. The van der Waals surface area contributed by atoms with E-state index in [9.17, 15) is 10.0 Å². The van der Waals surface area contributed by atoms with Gasteiger partial charge in [-0.3, -0.25) is 0 Å². The topological polar surface area (TPSA) is 79.6 Å². The summed E-state index contributed by atoms with van der Waals surface area (Å²) in [5.74, 6) is 0.555. The van der Waals surface area contributed by atoms with Crippen LogP contribution in [0.5, 0.6) is 0 Å². The molecule has 0 saturated carbocycles. The van der Waals surface area contributed by atoms with E-state index < -0.39 is 7.12 Å². The number of fused-ring (bicyclic) bond motifs is 4. The number of oxazole rings is 1. The van der Waals surface area contributed by atoms with Gasteiger partial charge in [-0.25, -0.2) is 4.98 Å². The van der Waals surface area contributed by atoms with E-state index in [-0.39, 0.29) is 0 Å². The van der Waals surface area contributed by atoms with E-state index in [2.05, 4.69) is 4.98 Å². The van der Waals surface area contributed by atoms with E-state index in [0.717, 1.165) is 21.9 Å². The van der Waals surface area contributed by atoms with Gasteiger partial charge in [0.05, 0.1) is 0 Å². The number of rotatable bonds is 2. The van der Waals surface area contributed by atoms with Crippen molar-refractivity contribution in [2.75, 3.05) is 0 Å². The fourth-order valence-corrected chi connectivity index (χ4v) is 3.08. The van der Waals surface area contributed by atoms with Gasteiger partial charge >= 0.3 is 7.12 Å². The van der Waals surface area contributed by atoms with Crippen LogP contribution in [-0.4, -0.2) is 22.2 Å². The van der Waals surface area contributed by atoms with Crippen LogP contribution in [0.4, 0.5) is 0 Å². The second kappa shape index (κ2) is 5.21. The summed E-state index contributed by atoms with van der Waals surface area (Å²) in [7, 11) is -1.52. The summed E-state index contributed by atoms with van der Waals surface area (Å²) in [6.45, 7) is 0. The number of aromatic nitrogens is 1. The van der Waals surface area contributed by atoms with E-state index in [0.29, 0.717) is 28.1 Å². The Hall–Kier alpha value is -3.09. The summed E-state index contributed by atoms with van der Waals surface area (Å²) < 4.78 is 11.7. The first kappa shape index (κ1) is 14.3. The summed E-state index contributed by atoms with van der Waals surface area (Å²) >= 11 is 0. The van der Waals surface area contributed by atoms with Gasteiger partial charge in [0.15, 0.2) is 5.58 Å². The van der Waals surface area contributed by atoms with Crippen LogP contribution in [-0.2, 0) is 0 Å². The molecule has 2 heterocycles. The van der Waals surface area contributed by atoms with Crippen LogP contribution < -0.4 is 5.46 Å². The second-order valence-corrected chi connectivity index (χ2v) is 5.93. The predicted octanol–water partition coefficient (Wildman–Crippen LogP) is 3.07. The van der Waals surface area contributed by atoms with Crippen molar-refractivity contribution in [3.63, 3.8) is 0 Å². The van der Waals surface area contributed by atoms with Crippen LogP contribution in [0.15, 0.2) is 69.5 Å². The zero-order valence-corrected chi connectivity index (χ0v) is 13.0. The van der Waals surface area contributed by atoms with Gasteiger partial charge in [0.25, 0.3) is 0 Å². The van der Waals surface area contributed by atoms with Gasteiger partial charge in [-0.2, -0.15) is 0 Å². The molecule has 3 aromatic carbocycles. The summed E-state index contributed by atoms with van der Waals surface area (Å²) in [5.41, 5.74) is 4.04. The Balaban J connectivity index is 1.75. The van der Waals surface area contributed by atoms with Crippen molar-refractivity contribution < 1.29 is 18.9 Å². The third kappa shape index (κ3) is 2.23. The lowest BCUT2D eigenvalue weighted by molar-refractivity contribution is 0.426. The highest BCUT2D eigenvalue weighted by Crippen LogP contribution is 2.33. The molecule has 5 aromatic rings. The maximum atomic E-state index is 9.39. The first-order valence-electron chi connectivity index (χ1n) is 7.87. The molecule has 5 nitrogen and oxygen atoms in total. The van der Waals surface area contributed by atoms with E-state index in [1.807, 2.05) is 42.5 Å². The van der Waals surface area contributed by atoms with Crippen molar-refractivity contribution in [2.24, 2.45) is 0 Å². The van der Waals surface area contributed by atoms with Crippen molar-refractivity contribution in [3.05, 3.63) is 60.7 Å². The third-order valence-corrected chi connectivity index (χ3v) is 4.32. The van der Waals surface area contributed by atoms with E-state index in [1.165, 1.54) is 0 Å². The zero-order chi connectivity index (χ0) is 17.0. The fraction of sp³-hybridized carbons (Fsp3) is 0. The molecule has 0 saturated heterocycles. The predicted molar refractivity (Wildman–Crippen MR) is 96.5 cm³/mol. The Bertz CT molecular complexity index is 1220. The maximum Gasteiger partial charge on any atom is 0.488 e. The normalized spacial score (nSPS) is 11.6. The van der Waals surface area contributed by atoms with E-state index in [4.69, 9.17) is 8.83 Å². The number of benzene rings is 3. The first-order valence-corrected chi connectivity index (χ1v) is 7.87. The van der Waals surface area contributed by atoms with Crippen LogP contribution in [0.3, 0.4) is 0 Å². The van der Waals surface area contributed by atoms with E-state index in [1.54, 1.807) is 18.2 Å². The lowest BCUT2D eigenvalue weighted by Crippen LogP contribution is -2.29. The maximum absolute atomic E-state index is 9.39. The van der Waals surface area contributed by atoms with Crippen molar-refractivity contribution in [2.45, 2.75) is 0 Å². The van der Waals surface area contributed by atoms with Gasteiger partial charge < -0.3 is 18.9 Å². The molecule has 25 heavy (non-hydrogen) atoms. The smallest absolute Gasteiger partial charge is 0.456 e. The molecule has 0 bridgehead atoms. The van der Waals surface area contributed by atoms with Gasteiger partial charge in [0.1, 0.15) is 16.7 Å². The highest BCUT2D eigenvalue weighted by atomic mass is 16.4. The van der Waals surface area contributed by atoms with Crippen LogP contribution in [0.1, 0.15) is 0 Å². The van der Waals surface area contributed by atoms with Gasteiger partial charge in [0, 0.05) is 22.4 Å². The van der Waals surface area contributed by atoms with Crippen molar-refractivity contribution in [1.29, 1.82) is 0 Å². The summed E-state index contributed by atoms with van der Waals surface area (Å²) in [6.07, 6.45) is 0. The third-order valence-electron chi connectivity index (χ3n) is 4.32. The quantitative estimate of drug-likeness (QED) is 0.487. The van der Waals surface area contributed by atoms with Crippen LogP contribution >= 0.6 is 0 Å². The molecule has 0 radical (unpaired) electrons. The number of furan rings is 1. The highest BCUT2D eigenvalue weighted by molar-refractivity contribution is 6.59. The molecule has 0 fully saturated rings. The Kier molecular flexibility index (Phi) is 2.97. The standard InChI is InChI=1S/C19H12BNO4/c22-20(23)12-6-7-16-13(8-12)14-9-15-18(10-17(14)24-16)25-19(21-15)11-4-2-1-3-5-11/h1-10,22-23H. The minimum atomic E-state index is -1.52. The Morgan fingerprint density at radius 2 is 1.56 bits per heavy atom. The summed E-state index contributed by atoms with van der Waals surface area (Å²) in [5, 5.41) is 20.5. The Morgan fingerprint density at radius 3 is 2.36 bits per heavy atom. The number of hydrogen-bond donors (Lipinski definition) is 2. The van der Waals surface area contributed by atoms with Crippen LogP contribution in [0.25, 0.3) is 44.5 Å². The zero-order valence-electron chi connectivity index (χ0n) is 13.0. The molecule has 0 amide bonds.